The molecule has 2 heterocycles. The maximum atomic E-state index is 10.4. The van der Waals surface area contributed by atoms with Gasteiger partial charge in [-0.05, 0) is 18.6 Å². The Hall–Kier alpha value is -2.46. The van der Waals surface area contributed by atoms with Gasteiger partial charge in [0.15, 0.2) is 0 Å². The van der Waals surface area contributed by atoms with Gasteiger partial charge in [-0.25, -0.2) is 0 Å². The minimum absolute atomic E-state index is 0.664. The normalized spacial score (nSPS) is 12.3. The summed E-state index contributed by atoms with van der Waals surface area (Å²) in [7, 11) is 0. The molecule has 0 saturated heterocycles. The van der Waals surface area contributed by atoms with Gasteiger partial charge in [0.2, 0.25) is 0 Å². The second-order valence-corrected chi connectivity index (χ2v) is 4.63. The van der Waals surface area contributed by atoms with Gasteiger partial charge in [-0.1, -0.05) is 35.5 Å². The Labute approximate surface area is 116 Å². The van der Waals surface area contributed by atoms with Crippen LogP contribution in [-0.4, -0.2) is 15.2 Å². The summed E-state index contributed by atoms with van der Waals surface area (Å²) in [4.78, 5) is 4.21. The summed E-state index contributed by atoms with van der Waals surface area (Å²) in [5.74, 6) is 0. The minimum atomic E-state index is -0.780. The number of rotatable bonds is 3. The van der Waals surface area contributed by atoms with E-state index in [1.807, 2.05) is 36.4 Å². The molecule has 100 valence electrons. The quantitative estimate of drug-likeness (QED) is 0.791. The third-order valence-corrected chi connectivity index (χ3v) is 3.26. The van der Waals surface area contributed by atoms with Crippen LogP contribution in [0.25, 0.3) is 11.1 Å². The first-order valence-electron chi connectivity index (χ1n) is 6.35. The van der Waals surface area contributed by atoms with Gasteiger partial charge in [0.1, 0.15) is 12.4 Å². The van der Waals surface area contributed by atoms with Crippen molar-refractivity contribution < 1.29 is 9.63 Å². The number of aliphatic hydroxyl groups is 1. The Balaban J connectivity index is 1.98. The van der Waals surface area contributed by atoms with E-state index in [0.29, 0.717) is 11.3 Å². The first-order chi connectivity index (χ1) is 9.75. The third-order valence-electron chi connectivity index (χ3n) is 3.26. The number of hydrogen-bond acceptors (Lipinski definition) is 4. The zero-order valence-corrected chi connectivity index (χ0v) is 11.0. The molecule has 4 heteroatoms. The monoisotopic (exact) mass is 266 g/mol. The first-order valence-corrected chi connectivity index (χ1v) is 6.35. The van der Waals surface area contributed by atoms with E-state index in [9.17, 15) is 5.11 Å². The van der Waals surface area contributed by atoms with Gasteiger partial charge in [0, 0.05) is 29.1 Å². The Bertz CT molecular complexity index is 707. The van der Waals surface area contributed by atoms with Crippen LogP contribution in [0.3, 0.4) is 0 Å². The molecule has 0 bridgehead atoms. The molecule has 0 aliphatic heterocycles. The zero-order chi connectivity index (χ0) is 13.9. The molecule has 1 atom stereocenters. The highest BCUT2D eigenvalue weighted by Crippen LogP contribution is 2.27. The van der Waals surface area contributed by atoms with Crippen molar-refractivity contribution >= 4 is 0 Å². The second-order valence-electron chi connectivity index (χ2n) is 4.63. The highest BCUT2D eigenvalue weighted by Gasteiger charge is 2.16. The van der Waals surface area contributed by atoms with Crippen molar-refractivity contribution in [3.8, 4) is 11.1 Å². The average Bonchev–Trinajstić information content (AvgIpc) is 2.94. The Morgan fingerprint density at radius 2 is 1.90 bits per heavy atom. The fraction of sp³-hybridized carbons (Fsp3) is 0.125. The number of aryl methyl sites for hydroxylation is 1. The molecular weight excluding hydrogens is 252 g/mol. The smallest absolute Gasteiger partial charge is 0.130 e. The number of nitrogens with zero attached hydrogens (tertiary/aromatic N) is 2. The standard InChI is InChI=1S/C16H14N2O2/c1-11-15(10-20-18-11)16(19)14-7-13(8-17-9-14)12-5-3-2-4-6-12/h2-10,16,19H,1H3. The minimum Gasteiger partial charge on any atom is -0.383 e. The lowest BCUT2D eigenvalue weighted by Crippen LogP contribution is -2.01. The summed E-state index contributed by atoms with van der Waals surface area (Å²) in [5, 5.41) is 14.2. The number of aromatic nitrogens is 2. The van der Waals surface area contributed by atoms with E-state index < -0.39 is 6.10 Å². The second kappa shape index (κ2) is 5.27. The van der Waals surface area contributed by atoms with Crippen molar-refractivity contribution in [2.75, 3.05) is 0 Å². The molecule has 0 aliphatic rings. The summed E-state index contributed by atoms with van der Waals surface area (Å²) >= 11 is 0. The van der Waals surface area contributed by atoms with Crippen LogP contribution >= 0.6 is 0 Å². The lowest BCUT2D eigenvalue weighted by atomic mass is 10.0. The van der Waals surface area contributed by atoms with E-state index >= 15 is 0 Å². The molecule has 20 heavy (non-hydrogen) atoms. The predicted octanol–water partition coefficient (Wildman–Crippen LogP) is 3.13. The number of hydrogen-bond donors (Lipinski definition) is 1. The summed E-state index contributed by atoms with van der Waals surface area (Å²) < 4.78 is 4.87. The Kier molecular flexibility index (Phi) is 3.31. The molecule has 1 N–H and O–H groups in total. The zero-order valence-electron chi connectivity index (χ0n) is 11.0. The van der Waals surface area contributed by atoms with Crippen molar-refractivity contribution in [2.45, 2.75) is 13.0 Å². The summed E-state index contributed by atoms with van der Waals surface area (Å²) in [6.07, 6.45) is 4.13. The van der Waals surface area contributed by atoms with Crippen molar-refractivity contribution in [1.29, 1.82) is 0 Å². The number of aliphatic hydroxyl groups excluding tert-OH is 1. The van der Waals surface area contributed by atoms with Crippen LogP contribution < -0.4 is 0 Å². The van der Waals surface area contributed by atoms with Crippen LogP contribution in [-0.2, 0) is 0 Å². The fourth-order valence-electron chi connectivity index (χ4n) is 2.14. The summed E-state index contributed by atoms with van der Waals surface area (Å²) in [6, 6.07) is 11.9. The van der Waals surface area contributed by atoms with Gasteiger partial charge in [-0.15, -0.1) is 0 Å². The van der Waals surface area contributed by atoms with Gasteiger partial charge in [0.25, 0.3) is 0 Å². The van der Waals surface area contributed by atoms with Crippen LogP contribution in [0.5, 0.6) is 0 Å². The summed E-state index contributed by atoms with van der Waals surface area (Å²) in [6.45, 7) is 1.80. The van der Waals surface area contributed by atoms with E-state index in [1.54, 1.807) is 19.3 Å². The molecule has 1 aromatic carbocycles. The average molecular weight is 266 g/mol. The molecule has 1 unspecified atom stereocenters. The van der Waals surface area contributed by atoms with Crippen LogP contribution in [0.4, 0.5) is 0 Å². The molecule has 4 nitrogen and oxygen atoms in total. The van der Waals surface area contributed by atoms with Gasteiger partial charge in [-0.2, -0.15) is 0 Å². The molecule has 0 aliphatic carbocycles. The molecule has 0 fully saturated rings. The van der Waals surface area contributed by atoms with Crippen molar-refractivity contribution in [3.05, 3.63) is 71.9 Å². The molecule has 3 aromatic rings. The van der Waals surface area contributed by atoms with Gasteiger partial charge < -0.3 is 9.63 Å². The van der Waals surface area contributed by atoms with E-state index in [1.165, 1.54) is 6.26 Å². The number of benzene rings is 1. The largest absolute Gasteiger partial charge is 0.383 e. The first kappa shape index (κ1) is 12.6. The summed E-state index contributed by atoms with van der Waals surface area (Å²) in [5.41, 5.74) is 4.10. The fourth-order valence-corrected chi connectivity index (χ4v) is 2.14. The third kappa shape index (κ3) is 2.33. The highest BCUT2D eigenvalue weighted by atomic mass is 16.5. The maximum Gasteiger partial charge on any atom is 0.130 e. The molecule has 0 amide bonds. The highest BCUT2D eigenvalue weighted by molar-refractivity contribution is 5.63. The lowest BCUT2D eigenvalue weighted by molar-refractivity contribution is 0.218. The van der Waals surface area contributed by atoms with Crippen molar-refractivity contribution in [3.63, 3.8) is 0 Å². The molecular formula is C16H14N2O2. The molecule has 2 aromatic heterocycles. The van der Waals surface area contributed by atoms with Crippen LogP contribution in [0.1, 0.15) is 22.9 Å². The maximum absolute atomic E-state index is 10.4. The SMILES string of the molecule is Cc1nocc1C(O)c1cncc(-c2ccccc2)c1. The van der Waals surface area contributed by atoms with Gasteiger partial charge >= 0.3 is 0 Å². The molecule has 0 saturated carbocycles. The van der Waals surface area contributed by atoms with E-state index in [4.69, 9.17) is 4.52 Å². The van der Waals surface area contributed by atoms with Crippen molar-refractivity contribution in [2.24, 2.45) is 0 Å². The number of pyridine rings is 1. The van der Waals surface area contributed by atoms with E-state index in [-0.39, 0.29) is 0 Å². The molecule has 0 spiro atoms. The topological polar surface area (TPSA) is 59.2 Å². The van der Waals surface area contributed by atoms with Crippen LogP contribution in [0.15, 0.2) is 59.6 Å². The Morgan fingerprint density at radius 1 is 1.10 bits per heavy atom. The van der Waals surface area contributed by atoms with Crippen molar-refractivity contribution in [1.82, 2.24) is 10.1 Å². The van der Waals surface area contributed by atoms with E-state index in [2.05, 4.69) is 10.1 Å². The van der Waals surface area contributed by atoms with Crippen LogP contribution in [0, 0.1) is 6.92 Å². The Morgan fingerprint density at radius 3 is 2.60 bits per heavy atom. The van der Waals surface area contributed by atoms with Crippen LogP contribution in [0.2, 0.25) is 0 Å². The molecule has 3 rings (SSSR count). The van der Waals surface area contributed by atoms with Gasteiger partial charge in [-0.3, -0.25) is 4.98 Å². The molecule has 0 radical (unpaired) electrons. The van der Waals surface area contributed by atoms with E-state index in [0.717, 1.165) is 16.7 Å². The predicted molar refractivity (Wildman–Crippen MR) is 75.0 cm³/mol. The lowest BCUT2D eigenvalue weighted by Gasteiger charge is -2.10. The van der Waals surface area contributed by atoms with Gasteiger partial charge in [0.05, 0.1) is 5.69 Å².